The van der Waals surface area contributed by atoms with E-state index in [1.807, 2.05) is 51.2 Å². The molecule has 0 saturated heterocycles. The molecule has 0 aliphatic rings. The van der Waals surface area contributed by atoms with E-state index in [9.17, 15) is 9.59 Å². The molecule has 134 valence electrons. The van der Waals surface area contributed by atoms with Crippen LogP contribution in [0, 0.1) is 13.8 Å². The quantitative estimate of drug-likeness (QED) is 0.606. The van der Waals surface area contributed by atoms with Gasteiger partial charge in [0.25, 0.3) is 5.91 Å². The summed E-state index contributed by atoms with van der Waals surface area (Å²) in [4.78, 5) is 25.2. The first-order valence-corrected chi connectivity index (χ1v) is 9.05. The van der Waals surface area contributed by atoms with Crippen LogP contribution in [0.1, 0.15) is 24.7 Å². The highest BCUT2D eigenvalue weighted by Gasteiger charge is 2.20. The summed E-state index contributed by atoms with van der Waals surface area (Å²) < 4.78 is 6.91. The largest absolute Gasteiger partial charge is 0.453 e. The Balaban J connectivity index is 1.79. The van der Waals surface area contributed by atoms with Gasteiger partial charge in [0.2, 0.25) is 0 Å². The zero-order valence-corrected chi connectivity index (χ0v) is 15.7. The highest BCUT2D eigenvalue weighted by atomic mass is 32.2. The Morgan fingerprint density at radius 2 is 1.96 bits per heavy atom. The average Bonchev–Trinajstić information content (AvgIpc) is 2.82. The molecular weight excluding hydrogens is 338 g/mol. The van der Waals surface area contributed by atoms with Crippen LogP contribution in [0.15, 0.2) is 35.2 Å². The van der Waals surface area contributed by atoms with Gasteiger partial charge >= 0.3 is 5.97 Å². The third-order valence-corrected chi connectivity index (χ3v) is 4.77. The molecule has 1 amide bonds. The van der Waals surface area contributed by atoms with E-state index in [1.165, 1.54) is 0 Å². The SMILES string of the molecule is Cc1nn(C)c(C)c1NC(=O)[C@H](C)OC(=O)CCSc1ccccc1. The Hall–Kier alpha value is -2.28. The number of rotatable bonds is 7. The van der Waals surface area contributed by atoms with Crippen LogP contribution in [0.25, 0.3) is 0 Å². The Bertz CT molecular complexity index is 744. The molecule has 0 unspecified atom stereocenters. The maximum absolute atomic E-state index is 12.2. The van der Waals surface area contributed by atoms with E-state index in [2.05, 4.69) is 10.4 Å². The number of nitrogens with one attached hydrogen (secondary N) is 1. The maximum atomic E-state index is 12.2. The molecule has 0 radical (unpaired) electrons. The summed E-state index contributed by atoms with van der Waals surface area (Å²) in [5.74, 6) is -0.133. The fourth-order valence-electron chi connectivity index (χ4n) is 2.26. The minimum atomic E-state index is -0.853. The van der Waals surface area contributed by atoms with Crippen molar-refractivity contribution in [3.63, 3.8) is 0 Å². The normalized spacial score (nSPS) is 11.8. The molecule has 0 spiro atoms. The maximum Gasteiger partial charge on any atom is 0.307 e. The monoisotopic (exact) mass is 361 g/mol. The molecule has 0 aliphatic heterocycles. The van der Waals surface area contributed by atoms with Crippen LogP contribution in [0.2, 0.25) is 0 Å². The molecule has 0 saturated carbocycles. The number of aromatic nitrogens is 2. The van der Waals surface area contributed by atoms with E-state index in [1.54, 1.807) is 23.4 Å². The first-order valence-electron chi connectivity index (χ1n) is 8.07. The van der Waals surface area contributed by atoms with E-state index in [-0.39, 0.29) is 18.3 Å². The van der Waals surface area contributed by atoms with Crippen molar-refractivity contribution in [1.29, 1.82) is 0 Å². The van der Waals surface area contributed by atoms with Gasteiger partial charge in [0.15, 0.2) is 6.10 Å². The highest BCUT2D eigenvalue weighted by molar-refractivity contribution is 7.99. The number of ether oxygens (including phenoxy) is 1. The summed E-state index contributed by atoms with van der Waals surface area (Å²) in [6.45, 7) is 5.26. The molecule has 1 aromatic carbocycles. The van der Waals surface area contributed by atoms with E-state index in [4.69, 9.17) is 4.74 Å². The summed E-state index contributed by atoms with van der Waals surface area (Å²) in [7, 11) is 1.81. The molecule has 1 heterocycles. The van der Waals surface area contributed by atoms with E-state index >= 15 is 0 Å². The van der Waals surface area contributed by atoms with Crippen molar-refractivity contribution < 1.29 is 14.3 Å². The standard InChI is InChI=1S/C18H23N3O3S/c1-12-17(13(2)21(4)20-12)19-18(23)14(3)24-16(22)10-11-25-15-8-6-5-7-9-15/h5-9,14H,10-11H2,1-4H3,(H,19,23)/t14-/m0/s1. The molecule has 2 aromatic rings. The lowest BCUT2D eigenvalue weighted by Gasteiger charge is -2.13. The Morgan fingerprint density at radius 3 is 2.56 bits per heavy atom. The minimum absolute atomic E-state index is 0.252. The van der Waals surface area contributed by atoms with Crippen LogP contribution in [0.5, 0.6) is 0 Å². The predicted octanol–water partition coefficient (Wildman–Crippen LogP) is 3.09. The van der Waals surface area contributed by atoms with E-state index in [0.717, 1.165) is 16.3 Å². The lowest BCUT2D eigenvalue weighted by molar-refractivity contribution is -0.152. The fraction of sp³-hybridized carbons (Fsp3) is 0.389. The van der Waals surface area contributed by atoms with Crippen molar-refractivity contribution in [1.82, 2.24) is 9.78 Å². The molecule has 0 bridgehead atoms. The summed E-state index contributed by atoms with van der Waals surface area (Å²) in [6, 6.07) is 9.84. The Labute approximate surface area is 151 Å². The number of hydrogen-bond acceptors (Lipinski definition) is 5. The number of hydrogen-bond donors (Lipinski definition) is 1. The lowest BCUT2D eigenvalue weighted by atomic mass is 10.3. The van der Waals surface area contributed by atoms with Crippen LogP contribution in [0.3, 0.4) is 0 Å². The van der Waals surface area contributed by atoms with Crippen LogP contribution in [-0.2, 0) is 21.4 Å². The third kappa shape index (κ3) is 5.35. The van der Waals surface area contributed by atoms with Gasteiger partial charge in [0.05, 0.1) is 23.5 Å². The van der Waals surface area contributed by atoms with Gasteiger partial charge in [-0.2, -0.15) is 5.10 Å². The highest BCUT2D eigenvalue weighted by Crippen LogP contribution is 2.20. The molecule has 1 aromatic heterocycles. The third-order valence-electron chi connectivity index (χ3n) is 3.75. The van der Waals surface area contributed by atoms with Gasteiger partial charge in [-0.15, -0.1) is 11.8 Å². The molecule has 7 heteroatoms. The zero-order chi connectivity index (χ0) is 18.4. The molecule has 0 fully saturated rings. The number of anilines is 1. The second kappa shape index (κ2) is 8.71. The van der Waals surface area contributed by atoms with Crippen LogP contribution in [0.4, 0.5) is 5.69 Å². The van der Waals surface area contributed by atoms with Crippen molar-refractivity contribution in [2.45, 2.75) is 38.2 Å². The Kier molecular flexibility index (Phi) is 6.64. The molecule has 2 rings (SSSR count). The molecule has 0 aliphatic carbocycles. The second-order valence-corrected chi connectivity index (χ2v) is 6.87. The minimum Gasteiger partial charge on any atom is -0.453 e. The summed E-state index contributed by atoms with van der Waals surface area (Å²) in [5, 5.41) is 7.03. The number of carbonyl (C=O) groups excluding carboxylic acids is 2. The van der Waals surface area contributed by atoms with Gasteiger partial charge in [0.1, 0.15) is 0 Å². The van der Waals surface area contributed by atoms with Crippen molar-refractivity contribution in [3.05, 3.63) is 41.7 Å². The van der Waals surface area contributed by atoms with Gasteiger partial charge in [-0.3, -0.25) is 14.3 Å². The van der Waals surface area contributed by atoms with Gasteiger partial charge in [-0.1, -0.05) is 18.2 Å². The van der Waals surface area contributed by atoms with Crippen molar-refractivity contribution in [2.75, 3.05) is 11.1 Å². The van der Waals surface area contributed by atoms with E-state index < -0.39 is 6.10 Å². The van der Waals surface area contributed by atoms with Crippen LogP contribution in [-0.4, -0.2) is 33.5 Å². The number of carbonyl (C=O) groups is 2. The average molecular weight is 361 g/mol. The number of esters is 1. The van der Waals surface area contributed by atoms with Gasteiger partial charge < -0.3 is 10.1 Å². The summed E-state index contributed by atoms with van der Waals surface area (Å²) in [6.07, 6.45) is -0.601. The smallest absolute Gasteiger partial charge is 0.307 e. The summed E-state index contributed by atoms with van der Waals surface area (Å²) >= 11 is 1.58. The molecular formula is C18H23N3O3S. The van der Waals surface area contributed by atoms with Crippen molar-refractivity contribution >= 4 is 29.3 Å². The number of amides is 1. The number of benzene rings is 1. The second-order valence-electron chi connectivity index (χ2n) is 5.70. The van der Waals surface area contributed by atoms with Crippen molar-refractivity contribution in [3.8, 4) is 0 Å². The van der Waals surface area contributed by atoms with Crippen LogP contribution >= 0.6 is 11.8 Å². The molecule has 6 nitrogen and oxygen atoms in total. The lowest BCUT2D eigenvalue weighted by Crippen LogP contribution is -2.30. The molecule has 1 N–H and O–H groups in total. The van der Waals surface area contributed by atoms with Gasteiger partial charge in [0, 0.05) is 17.7 Å². The summed E-state index contributed by atoms with van der Waals surface area (Å²) in [5.41, 5.74) is 2.24. The first kappa shape index (κ1) is 19.1. The number of nitrogens with zero attached hydrogens (tertiary/aromatic N) is 2. The molecule has 1 atom stereocenters. The van der Waals surface area contributed by atoms with Gasteiger partial charge in [-0.25, -0.2) is 0 Å². The van der Waals surface area contributed by atoms with Crippen LogP contribution < -0.4 is 5.32 Å². The number of aryl methyl sites for hydroxylation is 2. The fourth-order valence-corrected chi connectivity index (χ4v) is 3.11. The van der Waals surface area contributed by atoms with Crippen molar-refractivity contribution in [2.24, 2.45) is 7.05 Å². The zero-order valence-electron chi connectivity index (χ0n) is 14.9. The molecule has 25 heavy (non-hydrogen) atoms. The van der Waals surface area contributed by atoms with E-state index in [0.29, 0.717) is 11.4 Å². The Morgan fingerprint density at radius 1 is 1.28 bits per heavy atom. The predicted molar refractivity (Wildman–Crippen MR) is 98.6 cm³/mol. The van der Waals surface area contributed by atoms with Gasteiger partial charge in [-0.05, 0) is 32.9 Å². The number of thioether (sulfide) groups is 1. The first-order chi connectivity index (χ1) is 11.9. The topological polar surface area (TPSA) is 73.2 Å².